The molecular formula is C17H19ClF4N2O3. The number of rotatable bonds is 2. The molecule has 1 spiro atoms. The van der Waals surface area contributed by atoms with Crippen molar-refractivity contribution in [1.82, 2.24) is 9.80 Å². The second-order valence-corrected chi connectivity index (χ2v) is 7.18. The molecule has 0 saturated carbocycles. The smallest absolute Gasteiger partial charge is 0.475 e. The number of nitrogens with zero attached hydrogens (tertiary/aromatic N) is 2. The molecule has 2 aliphatic heterocycles. The first-order valence-electron chi connectivity index (χ1n) is 8.16. The van der Waals surface area contributed by atoms with Gasteiger partial charge in [0.15, 0.2) is 0 Å². The van der Waals surface area contributed by atoms with E-state index in [4.69, 9.17) is 21.5 Å². The maximum Gasteiger partial charge on any atom is 0.490 e. The van der Waals surface area contributed by atoms with Gasteiger partial charge < -0.3 is 10.0 Å². The van der Waals surface area contributed by atoms with E-state index < -0.39 is 12.1 Å². The van der Waals surface area contributed by atoms with Crippen molar-refractivity contribution in [2.45, 2.75) is 25.6 Å². The molecule has 27 heavy (non-hydrogen) atoms. The second kappa shape index (κ2) is 8.02. The molecule has 2 saturated heterocycles. The first-order chi connectivity index (χ1) is 12.4. The van der Waals surface area contributed by atoms with Crippen LogP contribution in [0.25, 0.3) is 0 Å². The Kier molecular flexibility index (Phi) is 6.36. The van der Waals surface area contributed by atoms with Gasteiger partial charge in [0, 0.05) is 20.1 Å². The van der Waals surface area contributed by atoms with Crippen molar-refractivity contribution in [3.8, 4) is 0 Å². The highest BCUT2D eigenvalue weighted by Crippen LogP contribution is 2.41. The SMILES string of the molecule is CN1CC2(CCN(Cc3ccc(Cl)c(F)c3)CC2)C1=O.O=C(O)C(F)(F)F. The molecule has 0 radical (unpaired) electrons. The van der Waals surface area contributed by atoms with Crippen molar-refractivity contribution in [3.05, 3.63) is 34.6 Å². The molecular weight excluding hydrogens is 392 g/mol. The van der Waals surface area contributed by atoms with E-state index in [1.54, 1.807) is 11.0 Å². The minimum atomic E-state index is -5.08. The van der Waals surface area contributed by atoms with Gasteiger partial charge in [0.05, 0.1) is 10.4 Å². The number of hydrogen-bond acceptors (Lipinski definition) is 3. The summed E-state index contributed by atoms with van der Waals surface area (Å²) < 4.78 is 45.1. The summed E-state index contributed by atoms with van der Waals surface area (Å²) in [7, 11) is 1.86. The van der Waals surface area contributed by atoms with Crippen molar-refractivity contribution in [3.63, 3.8) is 0 Å². The summed E-state index contributed by atoms with van der Waals surface area (Å²) in [5, 5.41) is 7.29. The molecule has 2 aliphatic rings. The minimum absolute atomic E-state index is 0.101. The van der Waals surface area contributed by atoms with Gasteiger partial charge in [-0.25, -0.2) is 9.18 Å². The molecule has 0 unspecified atom stereocenters. The van der Waals surface area contributed by atoms with Crippen molar-refractivity contribution < 1.29 is 32.3 Å². The number of benzene rings is 1. The van der Waals surface area contributed by atoms with Crippen molar-refractivity contribution >= 4 is 23.5 Å². The predicted octanol–water partition coefficient (Wildman–Crippen LogP) is 3.17. The average Bonchev–Trinajstić information content (AvgIpc) is 2.59. The third-order valence-corrected chi connectivity index (χ3v) is 5.09. The first kappa shape index (κ1) is 21.4. The lowest BCUT2D eigenvalue weighted by molar-refractivity contribution is -0.192. The number of carboxylic acid groups (broad SMARTS) is 1. The standard InChI is InChI=1S/C15H18ClFN2O.C2HF3O2/c1-18-10-15(14(18)20)4-6-19(7-5-15)9-11-2-3-12(16)13(17)8-11;3-2(4,5)1(6)7/h2-3,8H,4-7,9-10H2,1H3;(H,6,7). The molecule has 150 valence electrons. The Balaban J connectivity index is 0.000000321. The van der Waals surface area contributed by atoms with Gasteiger partial charge in [-0.1, -0.05) is 17.7 Å². The van der Waals surface area contributed by atoms with Crippen molar-refractivity contribution in [2.75, 3.05) is 26.7 Å². The second-order valence-electron chi connectivity index (χ2n) is 6.77. The number of carboxylic acids is 1. The molecule has 0 bridgehead atoms. The summed E-state index contributed by atoms with van der Waals surface area (Å²) in [4.78, 5) is 24.9. The van der Waals surface area contributed by atoms with Gasteiger partial charge in [-0.15, -0.1) is 0 Å². The quantitative estimate of drug-likeness (QED) is 0.601. The molecule has 1 amide bonds. The van der Waals surface area contributed by atoms with Gasteiger partial charge in [-0.2, -0.15) is 13.2 Å². The fraction of sp³-hybridized carbons (Fsp3) is 0.529. The number of alkyl halides is 3. The van der Waals surface area contributed by atoms with Crippen LogP contribution in [0.5, 0.6) is 0 Å². The Morgan fingerprint density at radius 3 is 2.26 bits per heavy atom. The van der Waals surface area contributed by atoms with Crippen LogP contribution in [0, 0.1) is 11.2 Å². The van der Waals surface area contributed by atoms with Gasteiger partial charge in [0.2, 0.25) is 5.91 Å². The van der Waals surface area contributed by atoms with E-state index in [9.17, 15) is 22.4 Å². The van der Waals surface area contributed by atoms with Gasteiger partial charge in [-0.05, 0) is 43.6 Å². The number of piperidine rings is 1. The fourth-order valence-electron chi connectivity index (χ4n) is 3.31. The fourth-order valence-corrected chi connectivity index (χ4v) is 3.43. The van der Waals surface area contributed by atoms with E-state index in [2.05, 4.69) is 4.90 Å². The number of carbonyl (C=O) groups excluding carboxylic acids is 1. The summed E-state index contributed by atoms with van der Waals surface area (Å²) >= 11 is 5.69. The van der Waals surface area contributed by atoms with Crippen LogP contribution in [0.2, 0.25) is 5.02 Å². The molecule has 2 fully saturated rings. The van der Waals surface area contributed by atoms with Gasteiger partial charge in [0.25, 0.3) is 0 Å². The highest BCUT2D eigenvalue weighted by molar-refractivity contribution is 6.30. The molecule has 0 aromatic heterocycles. The molecule has 0 atom stereocenters. The summed E-state index contributed by atoms with van der Waals surface area (Å²) in [5.74, 6) is -2.84. The molecule has 1 N–H and O–H groups in total. The Hall–Kier alpha value is -1.87. The summed E-state index contributed by atoms with van der Waals surface area (Å²) in [5.41, 5.74) is 0.830. The first-order valence-corrected chi connectivity index (χ1v) is 8.54. The molecule has 1 aromatic rings. The number of carbonyl (C=O) groups is 2. The molecule has 3 rings (SSSR count). The molecule has 1 aromatic carbocycles. The number of likely N-dealkylation sites (tertiary alicyclic amines) is 2. The van der Waals surface area contributed by atoms with Crippen LogP contribution in [0.4, 0.5) is 17.6 Å². The van der Waals surface area contributed by atoms with Crippen LogP contribution in [0.1, 0.15) is 18.4 Å². The van der Waals surface area contributed by atoms with Crippen LogP contribution in [0.15, 0.2) is 18.2 Å². The number of amides is 1. The van der Waals surface area contributed by atoms with E-state index in [1.807, 2.05) is 13.1 Å². The van der Waals surface area contributed by atoms with E-state index >= 15 is 0 Å². The lowest BCUT2D eigenvalue weighted by Crippen LogP contribution is -2.63. The lowest BCUT2D eigenvalue weighted by atomic mass is 9.71. The van der Waals surface area contributed by atoms with Gasteiger partial charge >= 0.3 is 12.1 Å². The summed E-state index contributed by atoms with van der Waals surface area (Å²) in [6.45, 7) is 3.39. The summed E-state index contributed by atoms with van der Waals surface area (Å²) in [6.07, 6.45) is -3.27. The molecule has 5 nitrogen and oxygen atoms in total. The maximum atomic E-state index is 13.4. The van der Waals surface area contributed by atoms with Crippen LogP contribution < -0.4 is 0 Å². The van der Waals surface area contributed by atoms with Gasteiger partial charge in [0.1, 0.15) is 5.82 Å². The number of hydrogen-bond donors (Lipinski definition) is 1. The van der Waals surface area contributed by atoms with E-state index in [-0.39, 0.29) is 22.2 Å². The lowest BCUT2D eigenvalue weighted by Gasteiger charge is -2.51. The highest BCUT2D eigenvalue weighted by Gasteiger charge is 2.51. The van der Waals surface area contributed by atoms with E-state index in [0.717, 1.165) is 38.0 Å². The van der Waals surface area contributed by atoms with Crippen LogP contribution in [-0.4, -0.2) is 59.6 Å². The predicted molar refractivity (Wildman–Crippen MR) is 89.7 cm³/mol. The van der Waals surface area contributed by atoms with Crippen LogP contribution in [-0.2, 0) is 16.1 Å². The third kappa shape index (κ3) is 5.10. The average molecular weight is 411 g/mol. The molecule has 0 aliphatic carbocycles. The Bertz CT molecular complexity index is 719. The van der Waals surface area contributed by atoms with Crippen molar-refractivity contribution in [1.29, 1.82) is 0 Å². The number of aliphatic carboxylic acids is 1. The number of halogens is 5. The Labute approximate surface area is 158 Å². The molecule has 10 heteroatoms. The highest BCUT2D eigenvalue weighted by atomic mass is 35.5. The van der Waals surface area contributed by atoms with Gasteiger partial charge in [-0.3, -0.25) is 9.69 Å². The largest absolute Gasteiger partial charge is 0.490 e. The van der Waals surface area contributed by atoms with Crippen LogP contribution in [0.3, 0.4) is 0 Å². The zero-order valence-corrected chi connectivity index (χ0v) is 15.3. The topological polar surface area (TPSA) is 60.9 Å². The van der Waals surface area contributed by atoms with E-state index in [0.29, 0.717) is 6.54 Å². The zero-order chi connectivity index (χ0) is 20.4. The maximum absolute atomic E-state index is 13.4. The third-order valence-electron chi connectivity index (χ3n) is 4.79. The van der Waals surface area contributed by atoms with Crippen molar-refractivity contribution in [2.24, 2.45) is 5.41 Å². The molecule has 2 heterocycles. The monoisotopic (exact) mass is 410 g/mol. The minimum Gasteiger partial charge on any atom is -0.475 e. The normalized spacial score (nSPS) is 19.3. The number of β-lactam (4-membered cyclic amide) rings is 1. The van der Waals surface area contributed by atoms with E-state index in [1.165, 1.54) is 6.07 Å². The Morgan fingerprint density at radius 2 is 1.85 bits per heavy atom. The van der Waals surface area contributed by atoms with Crippen LogP contribution >= 0.6 is 11.6 Å². The Morgan fingerprint density at radius 1 is 1.30 bits per heavy atom. The summed E-state index contributed by atoms with van der Waals surface area (Å²) in [6, 6.07) is 4.95. The zero-order valence-electron chi connectivity index (χ0n) is 14.5.